The van der Waals surface area contributed by atoms with Crippen molar-refractivity contribution in [3.05, 3.63) is 70.5 Å². The van der Waals surface area contributed by atoms with Gasteiger partial charge >= 0.3 is 0 Å². The topological polar surface area (TPSA) is 29.1 Å². The third kappa shape index (κ3) is 4.87. The Morgan fingerprint density at radius 1 is 1.14 bits per heavy atom. The highest BCUT2D eigenvalue weighted by Gasteiger charge is 2.08. The lowest BCUT2D eigenvalue weighted by atomic mass is 10.0. The predicted octanol–water partition coefficient (Wildman–Crippen LogP) is 3.94. The Balaban J connectivity index is 1.83. The Bertz CT molecular complexity index is 595. The van der Waals surface area contributed by atoms with Crippen LogP contribution in [0.4, 0.5) is 4.39 Å². The Morgan fingerprint density at radius 2 is 1.76 bits per heavy atom. The van der Waals surface area contributed by atoms with Crippen LogP contribution in [0.3, 0.4) is 0 Å². The molecule has 1 atom stereocenters. The molecule has 2 nitrogen and oxygen atoms in total. The first-order valence-corrected chi connectivity index (χ1v) is 7.19. The van der Waals surface area contributed by atoms with E-state index in [-0.39, 0.29) is 17.6 Å². The van der Waals surface area contributed by atoms with E-state index in [0.717, 1.165) is 11.1 Å². The largest absolute Gasteiger partial charge is 0.355 e. The number of hydrogen-bond acceptors (Lipinski definition) is 1. The summed E-state index contributed by atoms with van der Waals surface area (Å²) in [5.74, 6) is -0.149. The minimum atomic E-state index is -0.252. The van der Waals surface area contributed by atoms with Crippen molar-refractivity contribution in [3.8, 4) is 0 Å². The van der Waals surface area contributed by atoms with Gasteiger partial charge in [-0.15, -0.1) is 0 Å². The van der Waals surface area contributed by atoms with Crippen molar-refractivity contribution >= 4 is 17.5 Å². The zero-order valence-electron chi connectivity index (χ0n) is 11.8. The molecule has 0 saturated heterocycles. The molecule has 2 aromatic carbocycles. The smallest absolute Gasteiger partial charge is 0.224 e. The summed E-state index contributed by atoms with van der Waals surface area (Å²) in [6, 6.07) is 13.6. The summed E-state index contributed by atoms with van der Waals surface area (Å²) in [5, 5.41) is 3.55. The molecular weight excluding hydrogens is 289 g/mol. The zero-order valence-corrected chi connectivity index (χ0v) is 12.5. The third-order valence-electron chi connectivity index (χ3n) is 3.32. The van der Waals surface area contributed by atoms with Gasteiger partial charge in [-0.05, 0) is 41.3 Å². The van der Waals surface area contributed by atoms with E-state index in [4.69, 9.17) is 11.6 Å². The Labute approximate surface area is 128 Å². The van der Waals surface area contributed by atoms with Gasteiger partial charge in [0, 0.05) is 11.6 Å². The summed E-state index contributed by atoms with van der Waals surface area (Å²) in [6.45, 7) is 2.52. The van der Waals surface area contributed by atoms with Gasteiger partial charge in [-0.1, -0.05) is 42.8 Å². The van der Waals surface area contributed by atoms with Gasteiger partial charge in [0.1, 0.15) is 5.82 Å². The number of hydrogen-bond donors (Lipinski definition) is 1. The first-order valence-electron chi connectivity index (χ1n) is 6.81. The monoisotopic (exact) mass is 305 g/mol. The van der Waals surface area contributed by atoms with Crippen LogP contribution >= 0.6 is 11.6 Å². The Hall–Kier alpha value is -1.87. The second-order valence-corrected chi connectivity index (χ2v) is 5.50. The normalized spacial score (nSPS) is 12.0. The van der Waals surface area contributed by atoms with Crippen LogP contribution in [0.25, 0.3) is 0 Å². The van der Waals surface area contributed by atoms with Crippen molar-refractivity contribution in [2.24, 2.45) is 0 Å². The Morgan fingerprint density at radius 3 is 2.38 bits per heavy atom. The molecule has 0 spiro atoms. The molecule has 1 amide bonds. The molecule has 21 heavy (non-hydrogen) atoms. The lowest BCUT2D eigenvalue weighted by Crippen LogP contribution is -2.28. The van der Waals surface area contributed by atoms with Crippen LogP contribution in [-0.2, 0) is 11.2 Å². The van der Waals surface area contributed by atoms with Crippen molar-refractivity contribution < 1.29 is 9.18 Å². The lowest BCUT2D eigenvalue weighted by Gasteiger charge is -2.13. The molecule has 110 valence electrons. The van der Waals surface area contributed by atoms with Crippen LogP contribution < -0.4 is 5.32 Å². The SMILES string of the molecule is CC(CNC(=O)Cc1ccc(Cl)cc1)c1ccc(F)cc1. The number of benzene rings is 2. The van der Waals surface area contributed by atoms with E-state index in [2.05, 4.69) is 5.32 Å². The van der Waals surface area contributed by atoms with Crippen LogP contribution in [0, 0.1) is 5.82 Å². The second-order valence-electron chi connectivity index (χ2n) is 5.06. The molecule has 0 aromatic heterocycles. The van der Waals surface area contributed by atoms with Gasteiger partial charge in [-0.3, -0.25) is 4.79 Å². The summed E-state index contributed by atoms with van der Waals surface area (Å²) >= 11 is 5.80. The third-order valence-corrected chi connectivity index (χ3v) is 3.57. The van der Waals surface area contributed by atoms with Crippen molar-refractivity contribution in [3.63, 3.8) is 0 Å². The standard InChI is InChI=1S/C17H17ClFNO/c1-12(14-4-8-16(19)9-5-14)11-20-17(21)10-13-2-6-15(18)7-3-13/h2-9,12H,10-11H2,1H3,(H,20,21). The summed E-state index contributed by atoms with van der Waals surface area (Å²) in [4.78, 5) is 11.9. The fourth-order valence-electron chi connectivity index (χ4n) is 2.03. The van der Waals surface area contributed by atoms with Crippen molar-refractivity contribution in [1.82, 2.24) is 5.32 Å². The van der Waals surface area contributed by atoms with Crippen molar-refractivity contribution in [2.45, 2.75) is 19.3 Å². The first kappa shape index (κ1) is 15.5. The fourth-order valence-corrected chi connectivity index (χ4v) is 2.15. The number of carbonyl (C=O) groups excluding carboxylic acids is 1. The summed E-state index contributed by atoms with van der Waals surface area (Å²) in [7, 11) is 0. The number of halogens is 2. The number of nitrogens with one attached hydrogen (secondary N) is 1. The number of rotatable bonds is 5. The van der Waals surface area contributed by atoms with E-state index in [1.54, 1.807) is 24.3 Å². The molecule has 2 aromatic rings. The Kier molecular flexibility index (Phi) is 5.34. The van der Waals surface area contributed by atoms with Gasteiger partial charge in [-0.25, -0.2) is 4.39 Å². The average Bonchev–Trinajstić information content (AvgIpc) is 2.48. The molecule has 1 unspecified atom stereocenters. The van der Waals surface area contributed by atoms with Gasteiger partial charge in [-0.2, -0.15) is 0 Å². The van der Waals surface area contributed by atoms with Crippen molar-refractivity contribution in [2.75, 3.05) is 6.54 Å². The average molecular weight is 306 g/mol. The highest BCUT2D eigenvalue weighted by molar-refractivity contribution is 6.30. The molecular formula is C17H17ClFNO. The van der Waals surface area contributed by atoms with Crippen LogP contribution in [0.1, 0.15) is 24.0 Å². The number of amides is 1. The van der Waals surface area contributed by atoms with E-state index in [9.17, 15) is 9.18 Å². The fraction of sp³-hybridized carbons (Fsp3) is 0.235. The maximum Gasteiger partial charge on any atom is 0.224 e. The maximum atomic E-state index is 12.9. The van der Waals surface area contributed by atoms with Crippen LogP contribution in [0.2, 0.25) is 5.02 Å². The molecule has 0 heterocycles. The van der Waals surface area contributed by atoms with E-state index < -0.39 is 0 Å². The van der Waals surface area contributed by atoms with Crippen LogP contribution in [0.15, 0.2) is 48.5 Å². The molecule has 2 rings (SSSR count). The molecule has 0 aliphatic carbocycles. The molecule has 0 aliphatic rings. The highest BCUT2D eigenvalue weighted by Crippen LogP contribution is 2.15. The number of carbonyl (C=O) groups is 1. The van der Waals surface area contributed by atoms with Gasteiger partial charge in [0.05, 0.1) is 6.42 Å². The lowest BCUT2D eigenvalue weighted by molar-refractivity contribution is -0.120. The molecule has 1 N–H and O–H groups in total. The van der Waals surface area contributed by atoms with Gasteiger partial charge in [0.15, 0.2) is 0 Å². The van der Waals surface area contributed by atoms with Crippen molar-refractivity contribution in [1.29, 1.82) is 0 Å². The minimum Gasteiger partial charge on any atom is -0.355 e. The summed E-state index contributed by atoms with van der Waals surface area (Å²) in [5.41, 5.74) is 1.93. The van der Waals surface area contributed by atoms with Gasteiger partial charge in [0.25, 0.3) is 0 Å². The first-order chi connectivity index (χ1) is 10.0. The molecule has 0 aliphatic heterocycles. The highest BCUT2D eigenvalue weighted by atomic mass is 35.5. The molecule has 0 radical (unpaired) electrons. The minimum absolute atomic E-state index is 0.0358. The predicted molar refractivity (Wildman–Crippen MR) is 83.0 cm³/mol. The quantitative estimate of drug-likeness (QED) is 0.890. The molecule has 0 saturated carbocycles. The molecule has 4 heteroatoms. The van der Waals surface area contributed by atoms with E-state index in [1.165, 1.54) is 12.1 Å². The van der Waals surface area contributed by atoms with Crippen LogP contribution in [0.5, 0.6) is 0 Å². The molecule has 0 bridgehead atoms. The zero-order chi connectivity index (χ0) is 15.2. The van der Waals surface area contributed by atoms with Gasteiger partial charge < -0.3 is 5.32 Å². The summed E-state index contributed by atoms with van der Waals surface area (Å²) < 4.78 is 12.9. The van der Waals surface area contributed by atoms with E-state index in [0.29, 0.717) is 18.0 Å². The molecule has 0 fully saturated rings. The second kappa shape index (κ2) is 7.23. The van der Waals surface area contributed by atoms with E-state index >= 15 is 0 Å². The van der Waals surface area contributed by atoms with E-state index in [1.807, 2.05) is 19.1 Å². The summed E-state index contributed by atoms with van der Waals surface area (Å²) in [6.07, 6.45) is 0.327. The van der Waals surface area contributed by atoms with Crippen LogP contribution in [-0.4, -0.2) is 12.5 Å². The maximum absolute atomic E-state index is 12.9. The van der Waals surface area contributed by atoms with Gasteiger partial charge in [0.2, 0.25) is 5.91 Å².